The number of carbonyl (C=O) groups is 1. The molecule has 0 aliphatic heterocycles. The van der Waals surface area contributed by atoms with Crippen molar-refractivity contribution in [2.24, 2.45) is 0 Å². The lowest BCUT2D eigenvalue weighted by molar-refractivity contribution is -0.118. The quantitative estimate of drug-likeness (QED) is 0.798. The average Bonchev–Trinajstić information content (AvgIpc) is 2.52. The minimum absolute atomic E-state index is 0.0161. The first-order valence-electron chi connectivity index (χ1n) is 6.27. The summed E-state index contributed by atoms with van der Waals surface area (Å²) in [5.41, 5.74) is 1.78. The monoisotopic (exact) mass is 288 g/mol. The Labute approximate surface area is 122 Å². The second-order valence-electron chi connectivity index (χ2n) is 4.18. The van der Waals surface area contributed by atoms with E-state index >= 15 is 0 Å². The number of nitrogens with one attached hydrogen (secondary N) is 1. The Balaban J connectivity index is 1.80. The molecule has 1 heterocycles. The van der Waals surface area contributed by atoms with E-state index in [9.17, 15) is 9.90 Å². The Morgan fingerprint density at radius 3 is 2.55 bits per heavy atom. The van der Waals surface area contributed by atoms with Gasteiger partial charge in [0.1, 0.15) is 0 Å². The van der Waals surface area contributed by atoms with Crippen LogP contribution in [-0.2, 0) is 17.9 Å². The predicted octanol–water partition coefficient (Wildman–Crippen LogP) is 1.98. The van der Waals surface area contributed by atoms with E-state index in [4.69, 9.17) is 0 Å². The molecule has 0 fully saturated rings. The highest BCUT2D eigenvalue weighted by Crippen LogP contribution is 2.15. The van der Waals surface area contributed by atoms with Crippen LogP contribution in [0.25, 0.3) is 0 Å². The van der Waals surface area contributed by atoms with Gasteiger partial charge in [-0.15, -0.1) is 11.8 Å². The summed E-state index contributed by atoms with van der Waals surface area (Å²) in [6.45, 7) is 0.421. The number of aliphatic hydroxyl groups is 1. The van der Waals surface area contributed by atoms with Gasteiger partial charge in [-0.1, -0.05) is 24.3 Å². The van der Waals surface area contributed by atoms with E-state index in [0.29, 0.717) is 12.3 Å². The number of amides is 1. The van der Waals surface area contributed by atoms with Crippen molar-refractivity contribution in [2.75, 3.05) is 5.75 Å². The first-order valence-corrected chi connectivity index (χ1v) is 7.25. The molecule has 0 atom stereocenters. The van der Waals surface area contributed by atoms with E-state index in [-0.39, 0.29) is 12.5 Å². The Kier molecular flexibility index (Phi) is 5.58. The second-order valence-corrected chi connectivity index (χ2v) is 5.22. The summed E-state index contributed by atoms with van der Waals surface area (Å²) in [4.78, 5) is 16.7. The summed E-state index contributed by atoms with van der Waals surface area (Å²) >= 11 is 1.47. The molecular weight excluding hydrogens is 272 g/mol. The van der Waals surface area contributed by atoms with Crippen LogP contribution in [0.4, 0.5) is 0 Å². The van der Waals surface area contributed by atoms with Crippen molar-refractivity contribution in [2.45, 2.75) is 18.0 Å². The first-order chi connectivity index (χ1) is 9.79. The molecule has 0 aliphatic rings. The predicted molar refractivity (Wildman–Crippen MR) is 79.2 cm³/mol. The van der Waals surface area contributed by atoms with Crippen molar-refractivity contribution in [1.82, 2.24) is 10.3 Å². The molecule has 1 aromatic heterocycles. The molecule has 0 spiro atoms. The number of aliphatic hydroxyl groups excluding tert-OH is 1. The lowest BCUT2D eigenvalue weighted by Gasteiger charge is -2.08. The third-order valence-corrected chi connectivity index (χ3v) is 3.80. The summed E-state index contributed by atoms with van der Waals surface area (Å²) < 4.78 is 0. The van der Waals surface area contributed by atoms with Crippen LogP contribution in [0.5, 0.6) is 0 Å². The van der Waals surface area contributed by atoms with Crippen molar-refractivity contribution < 1.29 is 9.90 Å². The molecule has 2 rings (SSSR count). The van der Waals surface area contributed by atoms with E-state index in [1.54, 1.807) is 12.4 Å². The van der Waals surface area contributed by atoms with Gasteiger partial charge in [-0.2, -0.15) is 0 Å². The van der Waals surface area contributed by atoms with Gasteiger partial charge >= 0.3 is 0 Å². The normalized spacial score (nSPS) is 10.2. The molecule has 0 unspecified atom stereocenters. The molecule has 5 heteroatoms. The largest absolute Gasteiger partial charge is 0.392 e. The highest BCUT2D eigenvalue weighted by Gasteiger charge is 2.05. The van der Waals surface area contributed by atoms with E-state index < -0.39 is 0 Å². The number of nitrogens with zero attached hydrogens (tertiary/aromatic N) is 1. The molecule has 1 aromatic carbocycles. The molecule has 20 heavy (non-hydrogen) atoms. The van der Waals surface area contributed by atoms with Gasteiger partial charge < -0.3 is 10.4 Å². The maximum atomic E-state index is 11.8. The summed E-state index contributed by atoms with van der Waals surface area (Å²) in [6, 6.07) is 11.3. The number of pyridine rings is 1. The molecule has 0 aliphatic carbocycles. The van der Waals surface area contributed by atoms with Crippen molar-refractivity contribution in [1.29, 1.82) is 0 Å². The smallest absolute Gasteiger partial charge is 0.230 e. The number of hydrogen-bond acceptors (Lipinski definition) is 4. The number of hydrogen-bond donors (Lipinski definition) is 2. The van der Waals surface area contributed by atoms with Crippen LogP contribution in [-0.4, -0.2) is 21.8 Å². The van der Waals surface area contributed by atoms with Crippen LogP contribution in [0.15, 0.2) is 53.7 Å². The topological polar surface area (TPSA) is 62.2 Å². The van der Waals surface area contributed by atoms with Gasteiger partial charge in [0.2, 0.25) is 5.91 Å². The standard InChI is InChI=1S/C15H16N2O2S/c18-10-13-4-2-1-3-12(13)9-17-15(19)11-20-14-5-7-16-8-6-14/h1-8,18H,9-11H2,(H,17,19). The van der Waals surface area contributed by atoms with E-state index in [0.717, 1.165) is 16.0 Å². The molecule has 0 saturated heterocycles. The SMILES string of the molecule is O=C(CSc1ccncc1)NCc1ccccc1CO. The Hall–Kier alpha value is -1.85. The van der Waals surface area contributed by atoms with Crippen LogP contribution in [0.2, 0.25) is 0 Å². The van der Waals surface area contributed by atoms with E-state index in [1.807, 2.05) is 36.4 Å². The third kappa shape index (κ3) is 4.36. The Morgan fingerprint density at radius 1 is 1.15 bits per heavy atom. The van der Waals surface area contributed by atoms with Crippen molar-refractivity contribution in [3.8, 4) is 0 Å². The maximum Gasteiger partial charge on any atom is 0.230 e. The molecule has 1 amide bonds. The van der Waals surface area contributed by atoms with Gasteiger partial charge in [-0.05, 0) is 23.3 Å². The number of rotatable bonds is 6. The molecule has 4 nitrogen and oxygen atoms in total. The Morgan fingerprint density at radius 2 is 1.85 bits per heavy atom. The molecule has 0 radical (unpaired) electrons. The van der Waals surface area contributed by atoms with Gasteiger partial charge in [0.15, 0.2) is 0 Å². The summed E-state index contributed by atoms with van der Waals surface area (Å²) in [6.07, 6.45) is 3.41. The average molecular weight is 288 g/mol. The van der Waals surface area contributed by atoms with Crippen LogP contribution in [0.3, 0.4) is 0 Å². The lowest BCUT2D eigenvalue weighted by atomic mass is 10.1. The molecule has 0 bridgehead atoms. The maximum absolute atomic E-state index is 11.8. The van der Waals surface area contributed by atoms with Gasteiger partial charge in [0.25, 0.3) is 0 Å². The Bertz CT molecular complexity index is 561. The first kappa shape index (κ1) is 14.6. The molecular formula is C15H16N2O2S. The van der Waals surface area contributed by atoms with E-state index in [1.165, 1.54) is 11.8 Å². The van der Waals surface area contributed by atoms with Gasteiger partial charge in [-0.25, -0.2) is 0 Å². The van der Waals surface area contributed by atoms with Crippen LogP contribution >= 0.6 is 11.8 Å². The van der Waals surface area contributed by atoms with Crippen molar-refractivity contribution in [3.63, 3.8) is 0 Å². The fourth-order valence-electron chi connectivity index (χ4n) is 1.71. The molecule has 0 saturated carbocycles. The third-order valence-electron chi connectivity index (χ3n) is 2.78. The summed E-state index contributed by atoms with van der Waals surface area (Å²) in [7, 11) is 0. The number of carbonyl (C=O) groups excluding carboxylic acids is 1. The second kappa shape index (κ2) is 7.67. The van der Waals surface area contributed by atoms with E-state index in [2.05, 4.69) is 10.3 Å². The minimum atomic E-state index is -0.0282. The summed E-state index contributed by atoms with van der Waals surface area (Å²) in [5, 5.41) is 12.1. The van der Waals surface area contributed by atoms with Crippen molar-refractivity contribution >= 4 is 17.7 Å². The zero-order valence-corrected chi connectivity index (χ0v) is 11.8. The fourth-order valence-corrected chi connectivity index (χ4v) is 2.43. The highest BCUT2D eigenvalue weighted by atomic mass is 32.2. The van der Waals surface area contributed by atoms with Gasteiger partial charge in [0.05, 0.1) is 12.4 Å². The lowest BCUT2D eigenvalue weighted by Crippen LogP contribution is -2.25. The minimum Gasteiger partial charge on any atom is -0.392 e. The highest BCUT2D eigenvalue weighted by molar-refractivity contribution is 8.00. The van der Waals surface area contributed by atoms with Gasteiger partial charge in [0, 0.05) is 23.8 Å². The molecule has 104 valence electrons. The van der Waals surface area contributed by atoms with Crippen LogP contribution in [0.1, 0.15) is 11.1 Å². The molecule has 2 aromatic rings. The summed E-state index contributed by atoms with van der Waals surface area (Å²) in [5.74, 6) is 0.338. The zero-order valence-electron chi connectivity index (χ0n) is 11.0. The number of benzene rings is 1. The van der Waals surface area contributed by atoms with Crippen LogP contribution < -0.4 is 5.32 Å². The van der Waals surface area contributed by atoms with Gasteiger partial charge in [-0.3, -0.25) is 9.78 Å². The molecule has 2 N–H and O–H groups in total. The zero-order chi connectivity index (χ0) is 14.2. The number of thioether (sulfide) groups is 1. The van der Waals surface area contributed by atoms with Crippen LogP contribution in [0, 0.1) is 0 Å². The number of aromatic nitrogens is 1. The van der Waals surface area contributed by atoms with Crippen molar-refractivity contribution in [3.05, 3.63) is 59.9 Å². The fraction of sp³-hybridized carbons (Fsp3) is 0.200.